The maximum atomic E-state index is 11.3. The summed E-state index contributed by atoms with van der Waals surface area (Å²) in [5.74, 6) is -1.13. The molecule has 9 heteroatoms. The van der Waals surface area contributed by atoms with E-state index in [4.69, 9.17) is 9.84 Å². The monoisotopic (exact) mass is 312 g/mol. The number of ether oxygens (including phenoxy) is 1. The SMILES string of the molecule is Cc1nc(C)c(-c2c(C(=O)O)nnn2CCOCCO)s1. The van der Waals surface area contributed by atoms with Crippen molar-refractivity contribution in [2.45, 2.75) is 20.4 Å². The number of hydrogen-bond acceptors (Lipinski definition) is 7. The molecule has 2 rings (SSSR count). The molecule has 0 fully saturated rings. The lowest BCUT2D eigenvalue weighted by molar-refractivity contribution is 0.0691. The molecule has 0 aliphatic rings. The second-order valence-electron chi connectivity index (χ2n) is 4.30. The van der Waals surface area contributed by atoms with Gasteiger partial charge in [-0.1, -0.05) is 5.21 Å². The molecule has 0 saturated heterocycles. The van der Waals surface area contributed by atoms with Crippen molar-refractivity contribution in [2.75, 3.05) is 19.8 Å². The zero-order chi connectivity index (χ0) is 15.4. The van der Waals surface area contributed by atoms with Crippen LogP contribution in [0.2, 0.25) is 0 Å². The van der Waals surface area contributed by atoms with Crippen molar-refractivity contribution < 1.29 is 19.7 Å². The first-order valence-corrected chi connectivity index (χ1v) is 7.16. The Morgan fingerprint density at radius 3 is 2.71 bits per heavy atom. The molecule has 2 aromatic rings. The summed E-state index contributed by atoms with van der Waals surface area (Å²) >= 11 is 1.41. The van der Waals surface area contributed by atoms with Gasteiger partial charge in [-0.15, -0.1) is 16.4 Å². The number of thiazole rings is 1. The molecule has 2 N–H and O–H groups in total. The molecule has 0 aliphatic heterocycles. The molecule has 0 saturated carbocycles. The number of aryl methyl sites for hydroxylation is 2. The highest BCUT2D eigenvalue weighted by Gasteiger charge is 2.23. The van der Waals surface area contributed by atoms with E-state index in [-0.39, 0.29) is 18.9 Å². The van der Waals surface area contributed by atoms with Crippen molar-refractivity contribution in [2.24, 2.45) is 0 Å². The number of carbonyl (C=O) groups is 1. The molecule has 0 aliphatic carbocycles. The van der Waals surface area contributed by atoms with Crippen LogP contribution in [0.15, 0.2) is 0 Å². The first-order valence-electron chi connectivity index (χ1n) is 6.34. The van der Waals surface area contributed by atoms with Crippen LogP contribution in [-0.4, -0.2) is 56.0 Å². The first-order chi connectivity index (χ1) is 10.0. The Balaban J connectivity index is 2.34. The van der Waals surface area contributed by atoms with Crippen LogP contribution in [0.4, 0.5) is 0 Å². The zero-order valence-electron chi connectivity index (χ0n) is 11.7. The average Bonchev–Trinajstić information content (AvgIpc) is 2.97. The first kappa shape index (κ1) is 15.5. The average molecular weight is 312 g/mol. The van der Waals surface area contributed by atoms with E-state index < -0.39 is 5.97 Å². The number of aliphatic hydroxyl groups is 1. The minimum Gasteiger partial charge on any atom is -0.476 e. The third-order valence-corrected chi connectivity index (χ3v) is 3.82. The largest absolute Gasteiger partial charge is 0.476 e. The van der Waals surface area contributed by atoms with Crippen LogP contribution in [0.3, 0.4) is 0 Å². The quantitative estimate of drug-likeness (QED) is 0.725. The Morgan fingerprint density at radius 2 is 2.14 bits per heavy atom. The summed E-state index contributed by atoms with van der Waals surface area (Å²) in [4.78, 5) is 16.4. The third kappa shape index (κ3) is 3.43. The molecule has 2 heterocycles. The molecule has 0 unspecified atom stereocenters. The van der Waals surface area contributed by atoms with Crippen LogP contribution in [0.5, 0.6) is 0 Å². The van der Waals surface area contributed by atoms with Crippen LogP contribution in [0.25, 0.3) is 10.6 Å². The molecule has 0 radical (unpaired) electrons. The van der Waals surface area contributed by atoms with E-state index in [0.29, 0.717) is 18.8 Å². The van der Waals surface area contributed by atoms with Gasteiger partial charge in [-0.05, 0) is 13.8 Å². The summed E-state index contributed by atoms with van der Waals surface area (Å²) in [6.07, 6.45) is 0. The van der Waals surface area contributed by atoms with Crippen molar-refractivity contribution in [3.63, 3.8) is 0 Å². The van der Waals surface area contributed by atoms with Gasteiger partial charge < -0.3 is 14.9 Å². The minimum atomic E-state index is -1.13. The van der Waals surface area contributed by atoms with Gasteiger partial charge >= 0.3 is 5.97 Å². The molecule has 2 aromatic heterocycles. The fourth-order valence-electron chi connectivity index (χ4n) is 1.91. The lowest BCUT2D eigenvalue weighted by Crippen LogP contribution is -2.11. The van der Waals surface area contributed by atoms with Gasteiger partial charge in [0, 0.05) is 0 Å². The number of aromatic nitrogens is 4. The third-order valence-electron chi connectivity index (χ3n) is 2.74. The summed E-state index contributed by atoms with van der Waals surface area (Å²) in [6.45, 7) is 4.52. The van der Waals surface area contributed by atoms with Crippen LogP contribution < -0.4 is 0 Å². The van der Waals surface area contributed by atoms with Gasteiger partial charge in [-0.25, -0.2) is 14.5 Å². The maximum Gasteiger partial charge on any atom is 0.358 e. The predicted molar refractivity (Wildman–Crippen MR) is 75.5 cm³/mol. The predicted octanol–water partition coefficient (Wildman–Crippen LogP) is 0.726. The smallest absolute Gasteiger partial charge is 0.358 e. The van der Waals surface area contributed by atoms with Gasteiger partial charge in [-0.2, -0.15) is 0 Å². The molecule has 21 heavy (non-hydrogen) atoms. The molecular weight excluding hydrogens is 296 g/mol. The summed E-state index contributed by atoms with van der Waals surface area (Å²) in [6, 6.07) is 0. The number of carboxylic acids is 1. The fourth-order valence-corrected chi connectivity index (χ4v) is 2.88. The summed E-state index contributed by atoms with van der Waals surface area (Å²) in [7, 11) is 0. The number of hydrogen-bond donors (Lipinski definition) is 2. The van der Waals surface area contributed by atoms with E-state index in [9.17, 15) is 9.90 Å². The Hall–Kier alpha value is -1.84. The van der Waals surface area contributed by atoms with E-state index in [1.807, 2.05) is 13.8 Å². The number of rotatable bonds is 7. The molecule has 8 nitrogen and oxygen atoms in total. The van der Waals surface area contributed by atoms with Crippen LogP contribution in [-0.2, 0) is 11.3 Å². The number of nitrogens with zero attached hydrogens (tertiary/aromatic N) is 4. The molecule has 0 atom stereocenters. The van der Waals surface area contributed by atoms with Gasteiger partial charge in [0.1, 0.15) is 5.69 Å². The van der Waals surface area contributed by atoms with E-state index in [0.717, 1.165) is 15.6 Å². The topological polar surface area (TPSA) is 110 Å². The van der Waals surface area contributed by atoms with E-state index in [1.54, 1.807) is 0 Å². The van der Waals surface area contributed by atoms with Gasteiger partial charge in [0.25, 0.3) is 0 Å². The van der Waals surface area contributed by atoms with Crippen molar-refractivity contribution in [1.82, 2.24) is 20.0 Å². The van der Waals surface area contributed by atoms with Crippen molar-refractivity contribution in [3.8, 4) is 10.6 Å². The molecule has 0 amide bonds. The highest BCUT2D eigenvalue weighted by atomic mass is 32.1. The van der Waals surface area contributed by atoms with Crippen LogP contribution >= 0.6 is 11.3 Å². The summed E-state index contributed by atoms with van der Waals surface area (Å²) in [5, 5.41) is 26.4. The van der Waals surface area contributed by atoms with Gasteiger partial charge in [0.2, 0.25) is 0 Å². The summed E-state index contributed by atoms with van der Waals surface area (Å²) < 4.78 is 6.69. The second-order valence-corrected chi connectivity index (χ2v) is 5.50. The van der Waals surface area contributed by atoms with Crippen molar-refractivity contribution in [1.29, 1.82) is 0 Å². The van der Waals surface area contributed by atoms with Gasteiger partial charge in [-0.3, -0.25) is 0 Å². The van der Waals surface area contributed by atoms with Crippen molar-refractivity contribution >= 4 is 17.3 Å². The Bertz CT molecular complexity index is 637. The number of aliphatic hydroxyl groups excluding tert-OH is 1. The molecular formula is C12H16N4O4S. The standard InChI is InChI=1S/C12H16N4O4S/c1-7-11(21-8(2)13-7)10-9(12(18)19)14-15-16(10)3-5-20-6-4-17/h17H,3-6H2,1-2H3,(H,18,19). The Labute approximate surface area is 125 Å². The van der Waals surface area contributed by atoms with Crippen molar-refractivity contribution in [3.05, 3.63) is 16.4 Å². The Morgan fingerprint density at radius 1 is 1.38 bits per heavy atom. The number of carboxylic acid groups (broad SMARTS) is 1. The maximum absolute atomic E-state index is 11.3. The lowest BCUT2D eigenvalue weighted by atomic mass is 10.2. The molecule has 0 spiro atoms. The molecule has 0 aromatic carbocycles. The van der Waals surface area contributed by atoms with E-state index in [2.05, 4.69) is 15.3 Å². The van der Waals surface area contributed by atoms with E-state index >= 15 is 0 Å². The number of aromatic carboxylic acids is 1. The second kappa shape index (κ2) is 6.74. The van der Waals surface area contributed by atoms with Crippen LogP contribution in [0.1, 0.15) is 21.2 Å². The van der Waals surface area contributed by atoms with Crippen LogP contribution in [0, 0.1) is 13.8 Å². The highest BCUT2D eigenvalue weighted by molar-refractivity contribution is 7.15. The normalized spacial score (nSPS) is 11.0. The summed E-state index contributed by atoms with van der Waals surface area (Å²) in [5.41, 5.74) is 1.10. The van der Waals surface area contributed by atoms with E-state index in [1.165, 1.54) is 16.0 Å². The zero-order valence-corrected chi connectivity index (χ0v) is 12.6. The van der Waals surface area contributed by atoms with Gasteiger partial charge in [0.05, 0.1) is 41.9 Å². The Kier molecular flexibility index (Phi) is 4.99. The highest BCUT2D eigenvalue weighted by Crippen LogP contribution is 2.31. The van der Waals surface area contributed by atoms with Gasteiger partial charge in [0.15, 0.2) is 5.69 Å². The minimum absolute atomic E-state index is 0.0578. The molecule has 114 valence electrons. The lowest BCUT2D eigenvalue weighted by Gasteiger charge is -2.06. The fraction of sp³-hybridized carbons (Fsp3) is 0.500. The molecule has 0 bridgehead atoms.